The van der Waals surface area contributed by atoms with Crippen LogP contribution in [-0.4, -0.2) is 24.6 Å². The van der Waals surface area contributed by atoms with Gasteiger partial charge in [-0.3, -0.25) is 4.79 Å². The molecular formula is C20H20F3NO4. The monoisotopic (exact) mass is 395 g/mol. The minimum Gasteiger partial charge on any atom is -0.482 e. The molecule has 2 aromatic carbocycles. The first kappa shape index (κ1) is 21.3. The summed E-state index contributed by atoms with van der Waals surface area (Å²) in [4.78, 5) is 23.8. The van der Waals surface area contributed by atoms with Crippen molar-refractivity contribution >= 4 is 17.6 Å². The fourth-order valence-electron chi connectivity index (χ4n) is 2.23. The van der Waals surface area contributed by atoms with Crippen molar-refractivity contribution in [2.24, 2.45) is 0 Å². The van der Waals surface area contributed by atoms with E-state index in [1.54, 1.807) is 12.1 Å². The highest BCUT2D eigenvalue weighted by atomic mass is 19.2. The molecule has 1 atom stereocenters. The predicted octanol–water partition coefficient (Wildman–Crippen LogP) is 4.18. The zero-order chi connectivity index (χ0) is 20.8. The number of ether oxygens (including phenoxy) is 2. The van der Waals surface area contributed by atoms with Crippen LogP contribution in [0.5, 0.6) is 5.75 Å². The molecule has 5 nitrogen and oxygen atoms in total. The van der Waals surface area contributed by atoms with E-state index >= 15 is 0 Å². The molecular weight excluding hydrogens is 375 g/mol. The maximum atomic E-state index is 13.6. The van der Waals surface area contributed by atoms with Crippen LogP contribution in [0.2, 0.25) is 0 Å². The summed E-state index contributed by atoms with van der Waals surface area (Å²) in [5.74, 6) is -5.53. The van der Waals surface area contributed by atoms with Crippen LogP contribution in [0.15, 0.2) is 36.4 Å². The number of halogens is 3. The molecule has 0 aromatic heterocycles. The van der Waals surface area contributed by atoms with Crippen molar-refractivity contribution in [3.05, 3.63) is 59.4 Å². The van der Waals surface area contributed by atoms with E-state index in [9.17, 15) is 22.8 Å². The van der Waals surface area contributed by atoms with Crippen molar-refractivity contribution < 1.29 is 32.2 Å². The van der Waals surface area contributed by atoms with Crippen LogP contribution in [0.25, 0.3) is 0 Å². The molecule has 0 unspecified atom stereocenters. The maximum Gasteiger partial charge on any atom is 0.344 e. The van der Waals surface area contributed by atoms with E-state index in [1.807, 2.05) is 31.3 Å². The summed E-state index contributed by atoms with van der Waals surface area (Å²) in [5.41, 5.74) is 0.554. The normalized spacial score (nSPS) is 11.8. The number of benzene rings is 2. The van der Waals surface area contributed by atoms with Crippen LogP contribution in [-0.2, 0) is 14.3 Å². The molecule has 0 aliphatic heterocycles. The number of hydrogen-bond donors (Lipinski definition) is 1. The van der Waals surface area contributed by atoms with Crippen molar-refractivity contribution in [3.63, 3.8) is 0 Å². The lowest BCUT2D eigenvalue weighted by molar-refractivity contribution is -0.155. The van der Waals surface area contributed by atoms with Crippen LogP contribution < -0.4 is 10.1 Å². The van der Waals surface area contributed by atoms with Gasteiger partial charge < -0.3 is 14.8 Å². The molecule has 0 saturated carbocycles. The number of amides is 1. The van der Waals surface area contributed by atoms with Gasteiger partial charge in [-0.25, -0.2) is 18.0 Å². The summed E-state index contributed by atoms with van der Waals surface area (Å²) < 4.78 is 49.8. The molecule has 0 bridgehead atoms. The Labute approximate surface area is 160 Å². The minimum absolute atomic E-state index is 0.359. The smallest absolute Gasteiger partial charge is 0.344 e. The van der Waals surface area contributed by atoms with Crippen molar-refractivity contribution in [2.45, 2.75) is 32.8 Å². The Morgan fingerprint density at radius 3 is 2.21 bits per heavy atom. The predicted molar refractivity (Wildman–Crippen MR) is 96.5 cm³/mol. The number of rotatable bonds is 7. The Hall–Kier alpha value is -3.03. The van der Waals surface area contributed by atoms with Crippen molar-refractivity contribution in [1.82, 2.24) is 0 Å². The lowest BCUT2D eigenvalue weighted by atomic mass is 10.0. The standard InChI is InChI=1S/C20H20F3NO4/c1-11(2)13-4-6-14(7-5-13)27-10-17(25)28-12(3)20(26)24-16-9-8-15(21)18(22)19(16)23/h4-9,11-12H,10H2,1-3H3,(H,24,26)/t12-/m1/s1. The summed E-state index contributed by atoms with van der Waals surface area (Å²) in [6, 6.07) is 8.71. The Balaban J connectivity index is 1.86. The van der Waals surface area contributed by atoms with Crippen LogP contribution in [0.1, 0.15) is 32.3 Å². The SMILES string of the molecule is CC(C)c1ccc(OCC(=O)O[C@H](C)C(=O)Nc2ccc(F)c(F)c2F)cc1. The Kier molecular flexibility index (Phi) is 7.03. The molecule has 0 spiro atoms. The molecule has 0 heterocycles. The topological polar surface area (TPSA) is 64.6 Å². The Morgan fingerprint density at radius 2 is 1.61 bits per heavy atom. The average Bonchev–Trinajstić information content (AvgIpc) is 2.67. The highest BCUT2D eigenvalue weighted by molar-refractivity contribution is 5.95. The molecule has 0 radical (unpaired) electrons. The highest BCUT2D eigenvalue weighted by Gasteiger charge is 2.21. The summed E-state index contributed by atoms with van der Waals surface area (Å²) in [6.07, 6.45) is -1.30. The molecule has 2 rings (SSSR count). The van der Waals surface area contributed by atoms with Gasteiger partial charge in [-0.1, -0.05) is 26.0 Å². The van der Waals surface area contributed by atoms with E-state index in [0.29, 0.717) is 17.7 Å². The molecule has 8 heteroatoms. The van der Waals surface area contributed by atoms with Crippen molar-refractivity contribution in [3.8, 4) is 5.75 Å². The van der Waals surface area contributed by atoms with Gasteiger partial charge in [0.15, 0.2) is 30.2 Å². The molecule has 1 amide bonds. The highest BCUT2D eigenvalue weighted by Crippen LogP contribution is 2.20. The fourth-order valence-corrected chi connectivity index (χ4v) is 2.23. The van der Waals surface area contributed by atoms with E-state index in [4.69, 9.17) is 9.47 Å². The van der Waals surface area contributed by atoms with Crippen LogP contribution in [0, 0.1) is 17.5 Å². The molecule has 0 aliphatic rings. The zero-order valence-corrected chi connectivity index (χ0v) is 15.6. The van der Waals surface area contributed by atoms with Gasteiger partial charge in [-0.05, 0) is 42.7 Å². The molecule has 0 aliphatic carbocycles. The Bertz CT molecular complexity index is 853. The number of hydrogen-bond acceptors (Lipinski definition) is 4. The number of anilines is 1. The molecule has 2 aromatic rings. The third-order valence-electron chi connectivity index (χ3n) is 3.87. The van der Waals surface area contributed by atoms with Gasteiger partial charge >= 0.3 is 5.97 Å². The second kappa shape index (κ2) is 9.25. The van der Waals surface area contributed by atoms with Crippen LogP contribution in [0.3, 0.4) is 0 Å². The summed E-state index contributed by atoms with van der Waals surface area (Å²) in [5, 5.41) is 2.04. The first-order valence-electron chi connectivity index (χ1n) is 8.55. The van der Waals surface area contributed by atoms with Gasteiger partial charge in [-0.2, -0.15) is 0 Å². The third-order valence-corrected chi connectivity index (χ3v) is 3.87. The van der Waals surface area contributed by atoms with Gasteiger partial charge in [0.25, 0.3) is 5.91 Å². The number of nitrogens with one attached hydrogen (secondary N) is 1. The van der Waals surface area contributed by atoms with E-state index in [0.717, 1.165) is 11.6 Å². The lowest BCUT2D eigenvalue weighted by Gasteiger charge is -2.14. The molecule has 1 N–H and O–H groups in total. The van der Waals surface area contributed by atoms with E-state index in [1.165, 1.54) is 6.92 Å². The summed E-state index contributed by atoms with van der Waals surface area (Å²) in [6.45, 7) is 4.92. The van der Waals surface area contributed by atoms with Gasteiger partial charge in [0.2, 0.25) is 0 Å². The summed E-state index contributed by atoms with van der Waals surface area (Å²) >= 11 is 0. The molecule has 0 saturated heterocycles. The fraction of sp³-hybridized carbons (Fsp3) is 0.300. The van der Waals surface area contributed by atoms with E-state index in [2.05, 4.69) is 0 Å². The lowest BCUT2D eigenvalue weighted by Crippen LogP contribution is -2.32. The largest absolute Gasteiger partial charge is 0.482 e. The minimum atomic E-state index is -1.71. The summed E-state index contributed by atoms with van der Waals surface area (Å²) in [7, 11) is 0. The Morgan fingerprint density at radius 1 is 0.964 bits per heavy atom. The average molecular weight is 395 g/mol. The zero-order valence-electron chi connectivity index (χ0n) is 15.6. The van der Waals surface area contributed by atoms with Gasteiger partial charge in [0, 0.05) is 0 Å². The quantitative estimate of drug-likeness (QED) is 0.564. The van der Waals surface area contributed by atoms with E-state index in [-0.39, 0.29) is 0 Å². The molecule has 28 heavy (non-hydrogen) atoms. The third kappa shape index (κ3) is 5.48. The van der Waals surface area contributed by atoms with Crippen molar-refractivity contribution in [1.29, 1.82) is 0 Å². The molecule has 150 valence electrons. The van der Waals surface area contributed by atoms with E-state index < -0.39 is 47.7 Å². The van der Waals surface area contributed by atoms with Gasteiger partial charge in [-0.15, -0.1) is 0 Å². The first-order valence-corrected chi connectivity index (χ1v) is 8.55. The maximum absolute atomic E-state index is 13.6. The first-order chi connectivity index (χ1) is 13.2. The van der Waals surface area contributed by atoms with Crippen molar-refractivity contribution in [2.75, 3.05) is 11.9 Å². The second-order valence-electron chi connectivity index (χ2n) is 6.36. The van der Waals surface area contributed by atoms with Crippen LogP contribution in [0.4, 0.5) is 18.9 Å². The number of esters is 1. The second-order valence-corrected chi connectivity index (χ2v) is 6.36. The number of carbonyl (C=O) groups excluding carboxylic acids is 2. The van der Waals surface area contributed by atoms with Crippen LogP contribution >= 0.6 is 0 Å². The van der Waals surface area contributed by atoms with Gasteiger partial charge in [0.05, 0.1) is 5.69 Å². The molecule has 0 fully saturated rings. The van der Waals surface area contributed by atoms with Gasteiger partial charge in [0.1, 0.15) is 5.75 Å². The number of carbonyl (C=O) groups is 2.